The predicted molar refractivity (Wildman–Crippen MR) is 58.6 cm³/mol. The first-order chi connectivity index (χ1) is 5.86. The lowest BCUT2D eigenvalue weighted by Gasteiger charge is -2.30. The van der Waals surface area contributed by atoms with Crippen molar-refractivity contribution in [1.82, 2.24) is 0 Å². The molecule has 13 heavy (non-hydrogen) atoms. The standard InChI is InChI=1S/C12H26O/c1-8(2)7-11(13)12(9(3)4)10(5)6/h8-13H,7H2,1-6H3/t11-/m1/s1. The van der Waals surface area contributed by atoms with Crippen LogP contribution in [0.5, 0.6) is 0 Å². The van der Waals surface area contributed by atoms with E-state index in [9.17, 15) is 5.11 Å². The Morgan fingerprint density at radius 1 is 0.846 bits per heavy atom. The lowest BCUT2D eigenvalue weighted by atomic mass is 9.79. The van der Waals surface area contributed by atoms with Gasteiger partial charge in [-0.1, -0.05) is 41.5 Å². The lowest BCUT2D eigenvalue weighted by molar-refractivity contribution is 0.0376. The number of rotatable bonds is 5. The molecule has 1 heteroatoms. The molecule has 0 fully saturated rings. The second-order valence-corrected chi connectivity index (χ2v) is 5.26. The van der Waals surface area contributed by atoms with Gasteiger partial charge in [0.25, 0.3) is 0 Å². The molecular formula is C12H26O. The van der Waals surface area contributed by atoms with Crippen LogP contribution in [-0.2, 0) is 0 Å². The van der Waals surface area contributed by atoms with Gasteiger partial charge in [0, 0.05) is 0 Å². The molecule has 0 radical (unpaired) electrons. The zero-order valence-corrected chi connectivity index (χ0v) is 10.0. The van der Waals surface area contributed by atoms with E-state index in [0.717, 1.165) is 6.42 Å². The fraction of sp³-hybridized carbons (Fsp3) is 1.00. The fourth-order valence-electron chi connectivity index (χ4n) is 2.30. The molecule has 0 aromatic carbocycles. The summed E-state index contributed by atoms with van der Waals surface area (Å²) in [5, 5.41) is 10.0. The zero-order valence-electron chi connectivity index (χ0n) is 10.0. The van der Waals surface area contributed by atoms with E-state index in [2.05, 4.69) is 41.5 Å². The Morgan fingerprint density at radius 2 is 1.23 bits per heavy atom. The molecule has 0 aromatic heterocycles. The van der Waals surface area contributed by atoms with Gasteiger partial charge < -0.3 is 5.11 Å². The molecule has 0 saturated heterocycles. The van der Waals surface area contributed by atoms with Crippen LogP contribution in [0.3, 0.4) is 0 Å². The highest BCUT2D eigenvalue weighted by atomic mass is 16.3. The largest absolute Gasteiger partial charge is 0.393 e. The number of aliphatic hydroxyl groups is 1. The molecule has 0 aromatic rings. The second kappa shape index (κ2) is 5.64. The van der Waals surface area contributed by atoms with E-state index in [-0.39, 0.29) is 6.10 Å². The number of hydrogen-bond donors (Lipinski definition) is 1. The molecule has 1 nitrogen and oxygen atoms in total. The van der Waals surface area contributed by atoms with Gasteiger partial charge in [0.05, 0.1) is 6.10 Å². The van der Waals surface area contributed by atoms with Crippen molar-refractivity contribution in [2.45, 2.75) is 54.1 Å². The van der Waals surface area contributed by atoms with E-state index in [1.807, 2.05) is 0 Å². The molecule has 0 saturated carbocycles. The molecule has 1 N–H and O–H groups in total. The Kier molecular flexibility index (Phi) is 5.62. The van der Waals surface area contributed by atoms with Crippen molar-refractivity contribution >= 4 is 0 Å². The Balaban J connectivity index is 4.20. The molecule has 0 rings (SSSR count). The monoisotopic (exact) mass is 186 g/mol. The van der Waals surface area contributed by atoms with Crippen LogP contribution in [0.15, 0.2) is 0 Å². The maximum Gasteiger partial charge on any atom is 0.0575 e. The predicted octanol–water partition coefficient (Wildman–Crippen LogP) is 3.32. The van der Waals surface area contributed by atoms with Gasteiger partial charge in [-0.3, -0.25) is 0 Å². The maximum atomic E-state index is 10.0. The molecule has 80 valence electrons. The molecule has 0 aliphatic heterocycles. The minimum Gasteiger partial charge on any atom is -0.393 e. The fourth-order valence-corrected chi connectivity index (χ4v) is 2.30. The average molecular weight is 186 g/mol. The van der Waals surface area contributed by atoms with Crippen LogP contribution in [-0.4, -0.2) is 11.2 Å². The molecule has 0 spiro atoms. The quantitative estimate of drug-likeness (QED) is 0.698. The Labute approximate surface area is 83.5 Å². The molecular weight excluding hydrogens is 160 g/mol. The third kappa shape index (κ3) is 4.66. The van der Waals surface area contributed by atoms with Gasteiger partial charge in [-0.05, 0) is 30.1 Å². The summed E-state index contributed by atoms with van der Waals surface area (Å²) in [4.78, 5) is 0. The van der Waals surface area contributed by atoms with Gasteiger partial charge in [0.1, 0.15) is 0 Å². The normalized spacial score (nSPS) is 15.0. The molecule has 1 atom stereocenters. The molecule has 0 aliphatic carbocycles. The summed E-state index contributed by atoms with van der Waals surface area (Å²) in [7, 11) is 0. The van der Waals surface area contributed by atoms with Crippen LogP contribution in [0.4, 0.5) is 0 Å². The third-order valence-electron chi connectivity index (χ3n) is 2.70. The van der Waals surface area contributed by atoms with E-state index < -0.39 is 0 Å². The SMILES string of the molecule is CC(C)C[C@@H](O)C(C(C)C)C(C)C. The van der Waals surface area contributed by atoms with Gasteiger partial charge in [0.15, 0.2) is 0 Å². The Hall–Kier alpha value is -0.0400. The minimum atomic E-state index is -0.125. The number of hydrogen-bond acceptors (Lipinski definition) is 1. The van der Waals surface area contributed by atoms with Gasteiger partial charge in [0.2, 0.25) is 0 Å². The van der Waals surface area contributed by atoms with Gasteiger partial charge in [-0.15, -0.1) is 0 Å². The summed E-state index contributed by atoms with van der Waals surface area (Å²) in [6.45, 7) is 13.1. The maximum absolute atomic E-state index is 10.0. The highest BCUT2D eigenvalue weighted by molar-refractivity contribution is 4.75. The molecule has 0 unspecified atom stereocenters. The van der Waals surface area contributed by atoms with Crippen molar-refractivity contribution in [3.05, 3.63) is 0 Å². The topological polar surface area (TPSA) is 20.2 Å². The molecule has 0 bridgehead atoms. The molecule has 0 aliphatic rings. The van der Waals surface area contributed by atoms with Gasteiger partial charge >= 0.3 is 0 Å². The van der Waals surface area contributed by atoms with Crippen LogP contribution in [0, 0.1) is 23.7 Å². The zero-order chi connectivity index (χ0) is 10.6. The van der Waals surface area contributed by atoms with Crippen LogP contribution in [0.25, 0.3) is 0 Å². The van der Waals surface area contributed by atoms with E-state index >= 15 is 0 Å². The van der Waals surface area contributed by atoms with Crippen LogP contribution in [0.1, 0.15) is 48.0 Å². The van der Waals surface area contributed by atoms with Crippen molar-refractivity contribution in [1.29, 1.82) is 0 Å². The van der Waals surface area contributed by atoms with Crippen molar-refractivity contribution in [2.75, 3.05) is 0 Å². The average Bonchev–Trinajstić information content (AvgIpc) is 1.81. The van der Waals surface area contributed by atoms with Crippen LogP contribution >= 0.6 is 0 Å². The summed E-state index contributed by atoms with van der Waals surface area (Å²) < 4.78 is 0. The highest BCUT2D eigenvalue weighted by Gasteiger charge is 2.25. The van der Waals surface area contributed by atoms with E-state index in [0.29, 0.717) is 23.7 Å². The first-order valence-electron chi connectivity index (χ1n) is 5.54. The first-order valence-corrected chi connectivity index (χ1v) is 5.54. The summed E-state index contributed by atoms with van der Waals surface area (Å²) in [5.41, 5.74) is 0. The summed E-state index contributed by atoms with van der Waals surface area (Å²) >= 11 is 0. The summed E-state index contributed by atoms with van der Waals surface area (Å²) in [6, 6.07) is 0. The number of aliphatic hydroxyl groups excluding tert-OH is 1. The van der Waals surface area contributed by atoms with Crippen molar-refractivity contribution in [2.24, 2.45) is 23.7 Å². The van der Waals surface area contributed by atoms with E-state index in [1.54, 1.807) is 0 Å². The second-order valence-electron chi connectivity index (χ2n) is 5.26. The van der Waals surface area contributed by atoms with Crippen molar-refractivity contribution in [3.63, 3.8) is 0 Å². The third-order valence-corrected chi connectivity index (χ3v) is 2.70. The van der Waals surface area contributed by atoms with E-state index in [1.165, 1.54) is 0 Å². The van der Waals surface area contributed by atoms with Gasteiger partial charge in [-0.2, -0.15) is 0 Å². The van der Waals surface area contributed by atoms with Crippen LogP contribution < -0.4 is 0 Å². The lowest BCUT2D eigenvalue weighted by Crippen LogP contribution is -2.30. The summed E-state index contributed by atoms with van der Waals surface area (Å²) in [6.07, 6.45) is 0.807. The van der Waals surface area contributed by atoms with Crippen molar-refractivity contribution < 1.29 is 5.11 Å². The van der Waals surface area contributed by atoms with Crippen molar-refractivity contribution in [3.8, 4) is 0 Å². The smallest absolute Gasteiger partial charge is 0.0575 e. The Bertz CT molecular complexity index is 119. The van der Waals surface area contributed by atoms with Gasteiger partial charge in [-0.25, -0.2) is 0 Å². The first kappa shape index (κ1) is 13.0. The molecule has 0 heterocycles. The van der Waals surface area contributed by atoms with Crippen LogP contribution in [0.2, 0.25) is 0 Å². The van der Waals surface area contributed by atoms with E-state index in [4.69, 9.17) is 0 Å². The minimum absolute atomic E-state index is 0.125. The summed E-state index contributed by atoms with van der Waals surface area (Å²) in [5.74, 6) is 2.19. The highest BCUT2D eigenvalue weighted by Crippen LogP contribution is 2.27. The Morgan fingerprint density at radius 3 is 1.46 bits per heavy atom. The molecule has 0 amide bonds.